The molecule has 0 N–H and O–H groups in total. The van der Waals surface area contributed by atoms with Crippen molar-refractivity contribution < 1.29 is 47.6 Å². The first kappa shape index (κ1) is 36.8. The van der Waals surface area contributed by atoms with Crippen molar-refractivity contribution in [3.63, 3.8) is 0 Å². The lowest BCUT2D eigenvalue weighted by Gasteiger charge is -2.58. The first-order valence-electron chi connectivity index (χ1n) is 18.3. The molecule has 48 heavy (non-hydrogen) atoms. The number of esters is 4. The van der Waals surface area contributed by atoms with Crippen molar-refractivity contribution in [2.75, 3.05) is 6.61 Å². The summed E-state index contributed by atoms with van der Waals surface area (Å²) in [5.74, 6) is 1.27. The lowest BCUT2D eigenvalue weighted by atomic mass is 9.47. The van der Waals surface area contributed by atoms with Gasteiger partial charge < -0.3 is 28.4 Å². The Morgan fingerprint density at radius 3 is 2.17 bits per heavy atom. The van der Waals surface area contributed by atoms with Crippen molar-refractivity contribution >= 4 is 23.9 Å². The van der Waals surface area contributed by atoms with E-state index in [1.54, 1.807) is 0 Å². The van der Waals surface area contributed by atoms with Crippen LogP contribution in [0.2, 0.25) is 0 Å². The maximum atomic E-state index is 12.3. The van der Waals surface area contributed by atoms with Crippen LogP contribution >= 0.6 is 0 Å². The third kappa shape index (κ3) is 7.35. The van der Waals surface area contributed by atoms with Crippen molar-refractivity contribution in [3.05, 3.63) is 11.6 Å². The number of hydrogen-bond acceptors (Lipinski definition) is 10. The maximum absolute atomic E-state index is 12.3. The second-order valence-corrected chi connectivity index (χ2v) is 15.8. The average molecular weight is 675 g/mol. The number of carbonyl (C=O) groups excluding carboxylic acids is 4. The lowest BCUT2D eigenvalue weighted by molar-refractivity contribution is -0.318. The van der Waals surface area contributed by atoms with Crippen LogP contribution in [0.3, 0.4) is 0 Å². The van der Waals surface area contributed by atoms with Gasteiger partial charge in [-0.15, -0.1) is 0 Å². The van der Waals surface area contributed by atoms with Crippen molar-refractivity contribution in [1.29, 1.82) is 0 Å². The highest BCUT2D eigenvalue weighted by atomic mass is 16.7. The minimum absolute atomic E-state index is 0.110. The molecular weight excluding hydrogens is 616 g/mol. The summed E-state index contributed by atoms with van der Waals surface area (Å²) in [7, 11) is 0. The van der Waals surface area contributed by atoms with Crippen molar-refractivity contribution in [2.24, 2.45) is 40.4 Å². The Hall–Kier alpha value is -2.46. The molecule has 1 aliphatic heterocycles. The third-order valence-corrected chi connectivity index (χ3v) is 12.8. The third-order valence-electron chi connectivity index (χ3n) is 12.8. The summed E-state index contributed by atoms with van der Waals surface area (Å²) in [5.41, 5.74) is 1.98. The fraction of sp³-hybridized carbons (Fsp3) is 0.842. The molecule has 0 aromatic rings. The van der Waals surface area contributed by atoms with Gasteiger partial charge in [0.25, 0.3) is 0 Å². The van der Waals surface area contributed by atoms with E-state index in [-0.39, 0.29) is 18.1 Å². The molecular formula is C38H58O10. The smallest absolute Gasteiger partial charge is 0.303 e. The van der Waals surface area contributed by atoms with E-state index in [1.165, 1.54) is 71.8 Å². The Bertz CT molecular complexity index is 1250. The lowest BCUT2D eigenvalue weighted by Crippen LogP contribution is -2.63. The number of hydrogen-bond donors (Lipinski definition) is 0. The largest absolute Gasteiger partial charge is 0.463 e. The Morgan fingerprint density at radius 2 is 1.52 bits per heavy atom. The number of ether oxygens (including phenoxy) is 6. The molecule has 270 valence electrons. The molecule has 10 heteroatoms. The van der Waals surface area contributed by atoms with Gasteiger partial charge in [-0.1, -0.05) is 52.2 Å². The summed E-state index contributed by atoms with van der Waals surface area (Å²) in [6, 6.07) is 0. The van der Waals surface area contributed by atoms with Crippen LogP contribution in [0, 0.1) is 40.4 Å². The van der Waals surface area contributed by atoms with E-state index in [9.17, 15) is 19.2 Å². The number of allylic oxidation sites excluding steroid dienone is 1. The van der Waals surface area contributed by atoms with Crippen LogP contribution in [-0.4, -0.2) is 67.3 Å². The van der Waals surface area contributed by atoms with Crippen molar-refractivity contribution in [1.82, 2.24) is 0 Å². The molecule has 0 aromatic carbocycles. The van der Waals surface area contributed by atoms with Gasteiger partial charge >= 0.3 is 23.9 Å². The fourth-order valence-corrected chi connectivity index (χ4v) is 10.9. The zero-order chi connectivity index (χ0) is 35.0. The fourth-order valence-electron chi connectivity index (χ4n) is 10.9. The molecule has 5 rings (SSSR count). The Balaban J connectivity index is 1.35. The van der Waals surface area contributed by atoms with Crippen molar-refractivity contribution in [2.45, 2.75) is 156 Å². The van der Waals surface area contributed by atoms with Crippen molar-refractivity contribution in [3.8, 4) is 0 Å². The van der Waals surface area contributed by atoms with Crippen LogP contribution in [0.25, 0.3) is 0 Å². The molecule has 3 saturated carbocycles. The van der Waals surface area contributed by atoms with Crippen LogP contribution in [-0.2, 0) is 47.6 Å². The maximum Gasteiger partial charge on any atom is 0.303 e. The highest BCUT2D eigenvalue weighted by molar-refractivity contribution is 5.68. The van der Waals surface area contributed by atoms with E-state index in [1.807, 2.05) is 0 Å². The molecule has 0 bridgehead atoms. The molecule has 0 amide bonds. The Kier molecular flexibility index (Phi) is 11.3. The summed E-state index contributed by atoms with van der Waals surface area (Å²) in [6.45, 7) is 14.5. The SMILES string of the molecule is CCC[C@@H](C)[C@H]1CC[C@H]2[C@@H]3CC=C4C[C@@H](O[C@@H]5O[C@H](COC(C)=O)[C@@H](OC(C)=O)[C@H](OC(C)=O)[C@H]5OC(C)=O)CC[C@]4(C)[C@H]3CC[C@]12C. The van der Waals surface area contributed by atoms with E-state index in [0.29, 0.717) is 17.3 Å². The van der Waals surface area contributed by atoms with Crippen LogP contribution in [0.15, 0.2) is 11.6 Å². The summed E-state index contributed by atoms with van der Waals surface area (Å²) in [4.78, 5) is 48.4. The molecule has 0 unspecified atom stereocenters. The van der Waals surface area contributed by atoms with Crippen LogP contribution in [0.1, 0.15) is 120 Å². The summed E-state index contributed by atoms with van der Waals surface area (Å²) in [5, 5.41) is 0. The van der Waals surface area contributed by atoms with E-state index < -0.39 is 54.6 Å². The monoisotopic (exact) mass is 674 g/mol. The second-order valence-electron chi connectivity index (χ2n) is 15.8. The van der Waals surface area contributed by atoms with Gasteiger partial charge in [0.1, 0.15) is 12.7 Å². The first-order valence-corrected chi connectivity index (χ1v) is 18.3. The van der Waals surface area contributed by atoms with E-state index in [2.05, 4.69) is 33.8 Å². The van der Waals surface area contributed by atoms with Gasteiger partial charge in [0.2, 0.25) is 0 Å². The highest BCUT2D eigenvalue weighted by Gasteiger charge is 2.60. The van der Waals surface area contributed by atoms with Gasteiger partial charge in [-0.25, -0.2) is 0 Å². The molecule has 0 aromatic heterocycles. The van der Waals surface area contributed by atoms with Crippen LogP contribution in [0.5, 0.6) is 0 Å². The predicted octanol–water partition coefficient (Wildman–Crippen LogP) is 6.47. The zero-order valence-corrected chi connectivity index (χ0v) is 30.3. The van der Waals surface area contributed by atoms with Crippen LogP contribution < -0.4 is 0 Å². The molecule has 10 nitrogen and oxygen atoms in total. The number of carbonyl (C=O) groups is 4. The van der Waals surface area contributed by atoms with E-state index in [4.69, 9.17) is 28.4 Å². The second kappa shape index (κ2) is 14.8. The first-order chi connectivity index (χ1) is 22.7. The Labute approximate surface area is 286 Å². The van der Waals surface area contributed by atoms with Gasteiger partial charge in [-0.3, -0.25) is 19.2 Å². The molecule has 4 fully saturated rings. The molecule has 0 radical (unpaired) electrons. The summed E-state index contributed by atoms with van der Waals surface area (Å²) < 4.78 is 34.9. The van der Waals surface area contributed by atoms with Gasteiger partial charge in [0.15, 0.2) is 24.6 Å². The van der Waals surface area contributed by atoms with E-state index in [0.717, 1.165) is 43.4 Å². The van der Waals surface area contributed by atoms with Gasteiger partial charge in [0.05, 0.1) is 6.10 Å². The molecule has 13 atom stereocenters. The number of rotatable bonds is 10. The molecule has 4 aliphatic carbocycles. The molecule has 1 heterocycles. The number of fused-ring (bicyclic) bond motifs is 5. The normalized spacial score (nSPS) is 41.0. The average Bonchev–Trinajstić information content (AvgIpc) is 3.36. The molecule has 1 saturated heterocycles. The topological polar surface area (TPSA) is 124 Å². The van der Waals surface area contributed by atoms with Gasteiger partial charge in [-0.05, 0) is 91.8 Å². The minimum atomic E-state index is -1.23. The summed E-state index contributed by atoms with van der Waals surface area (Å²) >= 11 is 0. The quantitative estimate of drug-likeness (QED) is 0.145. The Morgan fingerprint density at radius 1 is 0.854 bits per heavy atom. The molecule has 0 spiro atoms. The molecule has 5 aliphatic rings. The van der Waals surface area contributed by atoms with Crippen LogP contribution in [0.4, 0.5) is 0 Å². The van der Waals surface area contributed by atoms with Gasteiger partial charge in [0, 0.05) is 27.7 Å². The standard InChI is InChI=1S/C38H58O10/c1-9-10-21(2)29-13-14-30-28-12-11-26-19-27(15-17-37(26,7)31(28)16-18-38(29,30)8)47-36-35(46-25(6)42)34(45-24(5)41)33(44-23(4)40)32(48-36)20-43-22(3)39/h11,21,27-36H,9-10,12-20H2,1-8H3/t21-,27+,28+,29-,30+,31+,32-,33-,34+,35-,36-,37+,38-/m1/s1. The zero-order valence-electron chi connectivity index (χ0n) is 30.3. The minimum Gasteiger partial charge on any atom is -0.463 e. The predicted molar refractivity (Wildman–Crippen MR) is 176 cm³/mol. The summed E-state index contributed by atoms with van der Waals surface area (Å²) in [6.07, 6.45) is 7.96. The van der Waals surface area contributed by atoms with E-state index >= 15 is 0 Å². The highest BCUT2D eigenvalue weighted by Crippen LogP contribution is 2.67. The van der Waals surface area contributed by atoms with Gasteiger partial charge in [-0.2, -0.15) is 0 Å².